The maximum atomic E-state index is 11.9. The number of carbonyl (C=O) groups excluding carboxylic acids is 1. The van der Waals surface area contributed by atoms with Crippen LogP contribution in [0.5, 0.6) is 0 Å². The normalized spacial score (nSPS) is 10.3. The first-order valence-electron chi connectivity index (χ1n) is 5.36. The summed E-state index contributed by atoms with van der Waals surface area (Å²) in [6, 6.07) is 3.78. The molecule has 0 saturated heterocycles. The number of anilines is 1. The Labute approximate surface area is 105 Å². The lowest BCUT2D eigenvalue weighted by molar-refractivity contribution is 0.102. The molecule has 2 heterocycles. The first kappa shape index (κ1) is 11.8. The first-order chi connectivity index (χ1) is 8.08. The number of hydrogen-bond donors (Lipinski definition) is 1. The highest BCUT2D eigenvalue weighted by molar-refractivity contribution is 7.08. The number of nitrogens with one attached hydrogen (secondary N) is 1. The van der Waals surface area contributed by atoms with Crippen LogP contribution in [-0.2, 0) is 0 Å². The van der Waals surface area contributed by atoms with Gasteiger partial charge in [0.2, 0.25) is 0 Å². The van der Waals surface area contributed by atoms with Crippen LogP contribution < -0.4 is 5.32 Å². The number of rotatable bonds is 2. The van der Waals surface area contributed by atoms with E-state index in [2.05, 4.69) is 10.3 Å². The molecule has 0 aromatic carbocycles. The molecule has 0 fully saturated rings. The lowest BCUT2D eigenvalue weighted by Gasteiger charge is -2.11. The predicted molar refractivity (Wildman–Crippen MR) is 70.7 cm³/mol. The zero-order chi connectivity index (χ0) is 12.4. The number of thiophene rings is 1. The fourth-order valence-corrected chi connectivity index (χ4v) is 2.43. The number of amides is 1. The summed E-state index contributed by atoms with van der Waals surface area (Å²) in [4.78, 5) is 16.3. The minimum atomic E-state index is -0.0805. The van der Waals surface area contributed by atoms with Gasteiger partial charge in [-0.15, -0.1) is 0 Å². The average Bonchev–Trinajstić information content (AvgIpc) is 2.76. The van der Waals surface area contributed by atoms with E-state index < -0.39 is 0 Å². The number of aryl methyl sites for hydroxylation is 3. The summed E-state index contributed by atoms with van der Waals surface area (Å²) in [5.41, 5.74) is 4.36. The molecule has 88 valence electrons. The van der Waals surface area contributed by atoms with Crippen molar-refractivity contribution in [2.45, 2.75) is 20.8 Å². The summed E-state index contributed by atoms with van der Waals surface area (Å²) in [6.45, 7) is 5.83. The minimum absolute atomic E-state index is 0.0805. The van der Waals surface area contributed by atoms with Crippen molar-refractivity contribution in [2.24, 2.45) is 0 Å². The summed E-state index contributed by atoms with van der Waals surface area (Å²) in [6.07, 6.45) is 0. The summed E-state index contributed by atoms with van der Waals surface area (Å²) in [7, 11) is 0. The summed E-state index contributed by atoms with van der Waals surface area (Å²) in [5.74, 6) is -0.0805. The number of pyridine rings is 1. The van der Waals surface area contributed by atoms with Crippen LogP contribution >= 0.6 is 11.3 Å². The molecule has 0 unspecified atom stereocenters. The van der Waals surface area contributed by atoms with E-state index >= 15 is 0 Å². The van der Waals surface area contributed by atoms with E-state index in [1.165, 1.54) is 11.3 Å². The molecule has 17 heavy (non-hydrogen) atoms. The molecule has 2 rings (SSSR count). The van der Waals surface area contributed by atoms with Crippen LogP contribution in [0.3, 0.4) is 0 Å². The SMILES string of the molecule is Cc1cc(C)c(NC(=O)c2ccsc2)c(C)n1. The Hall–Kier alpha value is -1.68. The van der Waals surface area contributed by atoms with Gasteiger partial charge in [-0.25, -0.2) is 0 Å². The van der Waals surface area contributed by atoms with Gasteiger partial charge in [0.1, 0.15) is 0 Å². The minimum Gasteiger partial charge on any atom is -0.320 e. The van der Waals surface area contributed by atoms with E-state index in [1.807, 2.05) is 43.7 Å². The van der Waals surface area contributed by atoms with Gasteiger partial charge in [-0.3, -0.25) is 9.78 Å². The Kier molecular flexibility index (Phi) is 3.24. The van der Waals surface area contributed by atoms with Gasteiger partial charge in [0, 0.05) is 11.1 Å². The molecule has 0 radical (unpaired) electrons. The van der Waals surface area contributed by atoms with Gasteiger partial charge < -0.3 is 5.32 Å². The van der Waals surface area contributed by atoms with Gasteiger partial charge in [-0.1, -0.05) is 0 Å². The van der Waals surface area contributed by atoms with Crippen molar-refractivity contribution in [3.05, 3.63) is 45.4 Å². The van der Waals surface area contributed by atoms with E-state index in [1.54, 1.807) is 0 Å². The van der Waals surface area contributed by atoms with E-state index in [0.717, 1.165) is 22.6 Å². The van der Waals surface area contributed by atoms with Crippen LogP contribution in [0.1, 0.15) is 27.3 Å². The molecule has 0 bridgehead atoms. The number of aromatic nitrogens is 1. The van der Waals surface area contributed by atoms with Crippen molar-refractivity contribution >= 4 is 22.9 Å². The largest absolute Gasteiger partial charge is 0.320 e. The van der Waals surface area contributed by atoms with Crippen LogP contribution in [0.15, 0.2) is 22.9 Å². The Morgan fingerprint density at radius 1 is 1.35 bits per heavy atom. The molecule has 2 aromatic rings. The molecule has 0 aliphatic carbocycles. The zero-order valence-corrected chi connectivity index (χ0v) is 10.9. The Bertz CT molecular complexity index is 524. The van der Waals surface area contributed by atoms with E-state index in [9.17, 15) is 4.79 Å². The van der Waals surface area contributed by atoms with Crippen molar-refractivity contribution in [2.75, 3.05) is 5.32 Å². The zero-order valence-electron chi connectivity index (χ0n) is 10.1. The summed E-state index contributed by atoms with van der Waals surface area (Å²) in [5, 5.41) is 6.64. The highest BCUT2D eigenvalue weighted by atomic mass is 32.1. The lowest BCUT2D eigenvalue weighted by atomic mass is 10.1. The van der Waals surface area contributed by atoms with Gasteiger partial charge >= 0.3 is 0 Å². The molecular formula is C13H14N2OS. The van der Waals surface area contributed by atoms with Gasteiger partial charge in [-0.2, -0.15) is 11.3 Å². The molecule has 1 N–H and O–H groups in total. The third-order valence-electron chi connectivity index (χ3n) is 2.55. The van der Waals surface area contributed by atoms with E-state index in [4.69, 9.17) is 0 Å². The van der Waals surface area contributed by atoms with Crippen molar-refractivity contribution < 1.29 is 4.79 Å². The summed E-state index contributed by atoms with van der Waals surface area (Å²) >= 11 is 1.51. The van der Waals surface area contributed by atoms with Crippen LogP contribution in [0.2, 0.25) is 0 Å². The number of nitrogens with zero attached hydrogens (tertiary/aromatic N) is 1. The maximum absolute atomic E-state index is 11.9. The third kappa shape index (κ3) is 2.53. The highest BCUT2D eigenvalue weighted by Crippen LogP contribution is 2.20. The molecule has 0 aliphatic heterocycles. The first-order valence-corrected chi connectivity index (χ1v) is 6.30. The second-order valence-corrected chi connectivity index (χ2v) is 4.79. The molecule has 0 spiro atoms. The molecule has 0 saturated carbocycles. The van der Waals surface area contributed by atoms with Crippen LogP contribution in [0, 0.1) is 20.8 Å². The van der Waals surface area contributed by atoms with Gasteiger partial charge in [0.05, 0.1) is 16.9 Å². The second kappa shape index (κ2) is 4.67. The molecule has 2 aromatic heterocycles. The van der Waals surface area contributed by atoms with Crippen molar-refractivity contribution in [1.82, 2.24) is 4.98 Å². The average molecular weight is 246 g/mol. The van der Waals surface area contributed by atoms with Gasteiger partial charge in [-0.05, 0) is 43.8 Å². The fraction of sp³-hybridized carbons (Fsp3) is 0.231. The lowest BCUT2D eigenvalue weighted by Crippen LogP contribution is -2.13. The molecule has 3 nitrogen and oxygen atoms in total. The quantitative estimate of drug-likeness (QED) is 0.883. The van der Waals surface area contributed by atoms with E-state index in [-0.39, 0.29) is 5.91 Å². The predicted octanol–water partition coefficient (Wildman–Crippen LogP) is 3.32. The van der Waals surface area contributed by atoms with Gasteiger partial charge in [0.15, 0.2) is 0 Å². The van der Waals surface area contributed by atoms with Crippen LogP contribution in [-0.4, -0.2) is 10.9 Å². The maximum Gasteiger partial charge on any atom is 0.256 e. The van der Waals surface area contributed by atoms with Crippen molar-refractivity contribution in [3.8, 4) is 0 Å². The fourth-order valence-electron chi connectivity index (χ4n) is 1.79. The van der Waals surface area contributed by atoms with E-state index in [0.29, 0.717) is 5.56 Å². The topological polar surface area (TPSA) is 42.0 Å². The standard InChI is InChI=1S/C13H14N2OS/c1-8-6-9(2)14-10(3)12(8)15-13(16)11-4-5-17-7-11/h4-7H,1-3H3,(H,15,16). The number of hydrogen-bond acceptors (Lipinski definition) is 3. The van der Waals surface area contributed by atoms with Crippen LogP contribution in [0.25, 0.3) is 0 Å². The molecule has 0 aliphatic rings. The van der Waals surface area contributed by atoms with Crippen LogP contribution in [0.4, 0.5) is 5.69 Å². The van der Waals surface area contributed by atoms with Crippen molar-refractivity contribution in [3.63, 3.8) is 0 Å². The summed E-state index contributed by atoms with van der Waals surface area (Å²) < 4.78 is 0. The van der Waals surface area contributed by atoms with Gasteiger partial charge in [0.25, 0.3) is 5.91 Å². The molecule has 1 amide bonds. The second-order valence-electron chi connectivity index (χ2n) is 4.01. The number of carbonyl (C=O) groups is 1. The molecule has 4 heteroatoms. The van der Waals surface area contributed by atoms with Crippen molar-refractivity contribution in [1.29, 1.82) is 0 Å². The molecular weight excluding hydrogens is 232 g/mol. The Morgan fingerprint density at radius 2 is 2.12 bits per heavy atom. The Morgan fingerprint density at radius 3 is 2.71 bits per heavy atom. The highest BCUT2D eigenvalue weighted by Gasteiger charge is 2.11. The smallest absolute Gasteiger partial charge is 0.256 e. The Balaban J connectivity index is 2.28. The third-order valence-corrected chi connectivity index (χ3v) is 3.23. The molecule has 0 atom stereocenters. The monoisotopic (exact) mass is 246 g/mol.